The Morgan fingerprint density at radius 1 is 0.903 bits per heavy atom. The number of carbonyl (C=O) groups excluding carboxylic acids is 2. The van der Waals surface area contributed by atoms with Gasteiger partial charge >= 0.3 is 0 Å². The van der Waals surface area contributed by atoms with E-state index < -0.39 is 11.8 Å². The van der Waals surface area contributed by atoms with Crippen LogP contribution in [0.1, 0.15) is 22.3 Å². The van der Waals surface area contributed by atoms with Crippen LogP contribution in [0.5, 0.6) is 0 Å². The van der Waals surface area contributed by atoms with Gasteiger partial charge in [-0.3, -0.25) is 9.59 Å². The molecule has 1 aliphatic heterocycles. The fourth-order valence-electron chi connectivity index (χ4n) is 3.42. The van der Waals surface area contributed by atoms with Gasteiger partial charge in [-0.1, -0.05) is 47.5 Å². The molecule has 31 heavy (non-hydrogen) atoms. The summed E-state index contributed by atoms with van der Waals surface area (Å²) < 4.78 is 0. The van der Waals surface area contributed by atoms with Gasteiger partial charge in [-0.15, -0.1) is 0 Å². The molecule has 0 unspecified atom stereocenters. The number of anilines is 2. The van der Waals surface area contributed by atoms with Gasteiger partial charge in [-0.2, -0.15) is 5.26 Å². The van der Waals surface area contributed by atoms with Crippen LogP contribution in [0.25, 0.3) is 5.57 Å². The minimum Gasteiger partial charge on any atom is -0.350 e. The summed E-state index contributed by atoms with van der Waals surface area (Å²) in [5.41, 5.74) is 4.54. The minimum absolute atomic E-state index is 0.184. The van der Waals surface area contributed by atoms with E-state index in [1.165, 1.54) is 0 Å². The van der Waals surface area contributed by atoms with Gasteiger partial charge in [0, 0.05) is 10.7 Å². The number of nitriles is 1. The number of amides is 2. The number of nitrogens with one attached hydrogen (secondary N) is 1. The fraction of sp³-hybridized carbons (Fsp3) is 0.0800. The van der Waals surface area contributed by atoms with Gasteiger partial charge in [-0.25, -0.2) is 4.90 Å². The maximum atomic E-state index is 13.4. The molecule has 3 aromatic rings. The van der Waals surface area contributed by atoms with Gasteiger partial charge in [0.2, 0.25) is 0 Å². The topological polar surface area (TPSA) is 73.2 Å². The van der Waals surface area contributed by atoms with E-state index in [2.05, 4.69) is 5.32 Å². The molecule has 1 aliphatic rings. The van der Waals surface area contributed by atoms with Crippen molar-refractivity contribution in [1.29, 1.82) is 5.26 Å². The van der Waals surface area contributed by atoms with Gasteiger partial charge in [0.15, 0.2) is 0 Å². The van der Waals surface area contributed by atoms with E-state index in [1.807, 2.05) is 50.2 Å². The predicted molar refractivity (Wildman–Crippen MR) is 122 cm³/mol. The standard InChI is InChI=1S/C25H18ClN3O2/c1-15-3-8-18(9-4-15)22-23(28-21-13-19(26)10-5-16(21)2)25(31)29(24(22)30)20-11-6-17(14-27)7-12-20/h3-13,28H,1-2H3. The normalized spacial score (nSPS) is 13.5. The van der Waals surface area contributed by atoms with Crippen molar-refractivity contribution in [3.05, 3.63) is 99.7 Å². The number of rotatable bonds is 4. The number of nitrogens with zero attached hydrogens (tertiary/aromatic N) is 2. The van der Waals surface area contributed by atoms with Crippen LogP contribution in [0.2, 0.25) is 5.02 Å². The predicted octanol–water partition coefficient (Wildman–Crippen LogP) is 5.23. The molecule has 0 bridgehead atoms. The van der Waals surface area contributed by atoms with Crippen LogP contribution in [-0.4, -0.2) is 11.8 Å². The molecule has 2 amide bonds. The van der Waals surface area contributed by atoms with Gasteiger partial charge in [-0.05, 0) is 61.4 Å². The number of benzene rings is 3. The molecular formula is C25H18ClN3O2. The highest BCUT2D eigenvalue weighted by atomic mass is 35.5. The van der Waals surface area contributed by atoms with Crippen LogP contribution in [0.4, 0.5) is 11.4 Å². The van der Waals surface area contributed by atoms with Crippen molar-refractivity contribution >= 4 is 40.4 Å². The van der Waals surface area contributed by atoms with E-state index in [0.717, 1.165) is 16.0 Å². The van der Waals surface area contributed by atoms with Crippen LogP contribution >= 0.6 is 11.6 Å². The summed E-state index contributed by atoms with van der Waals surface area (Å²) in [6.07, 6.45) is 0. The molecule has 1 heterocycles. The van der Waals surface area contributed by atoms with Crippen molar-refractivity contribution in [2.24, 2.45) is 0 Å². The van der Waals surface area contributed by atoms with Crippen molar-refractivity contribution in [2.45, 2.75) is 13.8 Å². The first kappa shape index (κ1) is 20.4. The zero-order chi connectivity index (χ0) is 22.1. The third-order valence-corrected chi connectivity index (χ3v) is 5.37. The maximum absolute atomic E-state index is 13.4. The molecule has 0 radical (unpaired) electrons. The summed E-state index contributed by atoms with van der Waals surface area (Å²) in [4.78, 5) is 28.0. The zero-order valence-corrected chi connectivity index (χ0v) is 17.7. The van der Waals surface area contributed by atoms with Crippen molar-refractivity contribution in [3.8, 4) is 6.07 Å². The average molecular weight is 428 g/mol. The molecule has 1 N–H and O–H groups in total. The number of hydrogen-bond acceptors (Lipinski definition) is 4. The molecule has 0 aromatic heterocycles. The first-order valence-corrected chi connectivity index (χ1v) is 10.0. The molecule has 0 spiro atoms. The van der Waals surface area contributed by atoms with E-state index in [-0.39, 0.29) is 11.3 Å². The van der Waals surface area contributed by atoms with Gasteiger partial charge < -0.3 is 5.32 Å². The number of carbonyl (C=O) groups is 2. The molecule has 4 rings (SSSR count). The van der Waals surface area contributed by atoms with Crippen molar-refractivity contribution in [3.63, 3.8) is 0 Å². The van der Waals surface area contributed by atoms with Gasteiger partial charge in [0.25, 0.3) is 11.8 Å². The largest absolute Gasteiger partial charge is 0.350 e. The summed E-state index contributed by atoms with van der Waals surface area (Å²) in [5, 5.41) is 12.7. The third kappa shape index (κ3) is 3.81. The second-order valence-corrected chi connectivity index (χ2v) is 7.74. The lowest BCUT2D eigenvalue weighted by atomic mass is 10.0. The van der Waals surface area contributed by atoms with Crippen LogP contribution in [0.3, 0.4) is 0 Å². The van der Waals surface area contributed by atoms with Gasteiger partial charge in [0.05, 0.1) is 22.9 Å². The Morgan fingerprint density at radius 3 is 2.23 bits per heavy atom. The Bertz CT molecular complexity index is 1270. The molecular weight excluding hydrogens is 410 g/mol. The lowest BCUT2D eigenvalue weighted by Gasteiger charge is -2.16. The van der Waals surface area contributed by atoms with E-state index in [1.54, 1.807) is 36.4 Å². The maximum Gasteiger partial charge on any atom is 0.282 e. The third-order valence-electron chi connectivity index (χ3n) is 5.14. The second-order valence-electron chi connectivity index (χ2n) is 7.30. The molecule has 0 saturated heterocycles. The lowest BCUT2D eigenvalue weighted by Crippen LogP contribution is -2.32. The van der Waals surface area contributed by atoms with E-state index in [9.17, 15) is 9.59 Å². The highest BCUT2D eigenvalue weighted by molar-refractivity contribution is 6.46. The Kier molecular flexibility index (Phi) is 5.33. The summed E-state index contributed by atoms with van der Waals surface area (Å²) in [7, 11) is 0. The molecule has 6 heteroatoms. The quantitative estimate of drug-likeness (QED) is 0.579. The highest BCUT2D eigenvalue weighted by Crippen LogP contribution is 2.35. The minimum atomic E-state index is -0.468. The Morgan fingerprint density at radius 2 is 1.58 bits per heavy atom. The molecule has 0 aliphatic carbocycles. The summed E-state index contributed by atoms with van der Waals surface area (Å²) in [6, 6.07) is 21.1. The van der Waals surface area contributed by atoms with Crippen LogP contribution < -0.4 is 10.2 Å². The van der Waals surface area contributed by atoms with Crippen LogP contribution in [-0.2, 0) is 9.59 Å². The molecule has 3 aromatic carbocycles. The summed E-state index contributed by atoms with van der Waals surface area (Å²) in [5.74, 6) is -0.898. The molecule has 0 saturated carbocycles. The Hall–Kier alpha value is -3.88. The number of aryl methyl sites for hydroxylation is 2. The average Bonchev–Trinajstić information content (AvgIpc) is 3.01. The number of imide groups is 1. The first-order chi connectivity index (χ1) is 14.9. The van der Waals surface area contributed by atoms with Crippen LogP contribution in [0.15, 0.2) is 72.4 Å². The molecule has 0 fully saturated rings. The fourth-order valence-corrected chi connectivity index (χ4v) is 3.59. The molecule has 0 atom stereocenters. The Labute approximate surface area is 185 Å². The van der Waals surface area contributed by atoms with E-state index >= 15 is 0 Å². The van der Waals surface area contributed by atoms with Crippen molar-refractivity contribution in [2.75, 3.05) is 10.2 Å². The highest BCUT2D eigenvalue weighted by Gasteiger charge is 2.40. The lowest BCUT2D eigenvalue weighted by molar-refractivity contribution is -0.120. The Balaban J connectivity index is 1.83. The van der Waals surface area contributed by atoms with Crippen molar-refractivity contribution in [1.82, 2.24) is 0 Å². The van der Waals surface area contributed by atoms with Gasteiger partial charge in [0.1, 0.15) is 5.70 Å². The summed E-state index contributed by atoms with van der Waals surface area (Å²) in [6.45, 7) is 3.85. The first-order valence-electron chi connectivity index (χ1n) is 9.62. The zero-order valence-electron chi connectivity index (χ0n) is 16.9. The number of hydrogen-bond donors (Lipinski definition) is 1. The SMILES string of the molecule is Cc1ccc(C2=C(Nc3cc(Cl)ccc3C)C(=O)N(c3ccc(C#N)cc3)C2=O)cc1. The smallest absolute Gasteiger partial charge is 0.282 e. The van der Waals surface area contributed by atoms with E-state index in [4.69, 9.17) is 16.9 Å². The number of halogens is 1. The molecule has 5 nitrogen and oxygen atoms in total. The second kappa shape index (κ2) is 8.10. The summed E-state index contributed by atoms with van der Waals surface area (Å²) >= 11 is 6.15. The molecule has 152 valence electrons. The van der Waals surface area contributed by atoms with E-state index in [0.29, 0.717) is 27.5 Å². The monoisotopic (exact) mass is 427 g/mol. The van der Waals surface area contributed by atoms with Crippen LogP contribution in [0, 0.1) is 25.2 Å². The van der Waals surface area contributed by atoms with Crippen molar-refractivity contribution < 1.29 is 9.59 Å².